The molecule has 1 heterocycles. The maximum atomic E-state index is 13.9. The zero-order valence-electron chi connectivity index (χ0n) is 12.5. The van der Waals surface area contributed by atoms with Crippen molar-refractivity contribution < 1.29 is 23.5 Å². The highest BCUT2D eigenvalue weighted by Gasteiger charge is 2.21. The second-order valence-electron chi connectivity index (χ2n) is 5.14. The van der Waals surface area contributed by atoms with Crippen molar-refractivity contribution >= 4 is 29.1 Å². The first-order valence-electron chi connectivity index (χ1n) is 6.87. The first-order valence-corrected chi connectivity index (χ1v) is 7.25. The fourth-order valence-corrected chi connectivity index (χ4v) is 2.51. The predicted molar refractivity (Wildman–Crippen MR) is 85.2 cm³/mol. The smallest absolute Gasteiger partial charge is 0.255 e. The van der Waals surface area contributed by atoms with E-state index in [4.69, 9.17) is 26.8 Å². The van der Waals surface area contributed by atoms with Crippen LogP contribution in [0.3, 0.4) is 0 Å². The number of fused-ring (bicyclic) bond motifs is 1. The van der Waals surface area contributed by atoms with Crippen molar-refractivity contribution in [1.82, 2.24) is 0 Å². The number of carbonyl (C=O) groups is 2. The minimum absolute atomic E-state index is 0.0190. The molecule has 0 fully saturated rings. The summed E-state index contributed by atoms with van der Waals surface area (Å²) in [5.74, 6) is -1.27. The SMILES string of the molecule is Cc1c(F)cc(C(N)=O)cc1NC(=O)c1cc(Cl)c2c(c1)OCO2. The van der Waals surface area contributed by atoms with Crippen molar-refractivity contribution in [2.24, 2.45) is 5.73 Å². The van der Waals surface area contributed by atoms with E-state index >= 15 is 0 Å². The Hall–Kier alpha value is -2.80. The molecule has 0 radical (unpaired) electrons. The topological polar surface area (TPSA) is 90.7 Å². The standard InChI is InChI=1S/C16H12ClFN2O4/c1-7-11(18)3-8(15(19)21)4-12(7)20-16(22)9-2-10(17)14-13(5-9)23-6-24-14/h2-5H,6H2,1H3,(H2,19,21)(H,20,22). The van der Waals surface area contributed by atoms with Gasteiger partial charge in [0.25, 0.3) is 5.91 Å². The number of nitrogens with two attached hydrogens (primary N) is 1. The van der Waals surface area contributed by atoms with Gasteiger partial charge in [-0.3, -0.25) is 9.59 Å². The fourth-order valence-electron chi connectivity index (χ4n) is 2.24. The van der Waals surface area contributed by atoms with E-state index in [1.54, 1.807) is 0 Å². The van der Waals surface area contributed by atoms with Gasteiger partial charge >= 0.3 is 0 Å². The summed E-state index contributed by atoms with van der Waals surface area (Å²) in [6, 6.07) is 5.21. The van der Waals surface area contributed by atoms with Gasteiger partial charge in [-0.1, -0.05) is 11.6 Å². The highest BCUT2D eigenvalue weighted by molar-refractivity contribution is 6.32. The molecule has 24 heavy (non-hydrogen) atoms. The summed E-state index contributed by atoms with van der Waals surface area (Å²) in [5, 5.41) is 2.77. The molecule has 2 aromatic carbocycles. The average Bonchev–Trinajstić information content (AvgIpc) is 3.00. The summed E-state index contributed by atoms with van der Waals surface area (Å²) in [4.78, 5) is 23.6. The minimum atomic E-state index is -0.796. The predicted octanol–water partition coefficient (Wildman–Crippen LogP) is 2.87. The Balaban J connectivity index is 1.93. The molecule has 1 aliphatic rings. The van der Waals surface area contributed by atoms with E-state index in [0.29, 0.717) is 11.5 Å². The van der Waals surface area contributed by atoms with Crippen molar-refractivity contribution in [2.45, 2.75) is 6.92 Å². The number of halogens is 2. The van der Waals surface area contributed by atoms with E-state index < -0.39 is 17.6 Å². The van der Waals surface area contributed by atoms with Crippen molar-refractivity contribution in [3.05, 3.63) is 51.8 Å². The van der Waals surface area contributed by atoms with Gasteiger partial charge in [-0.05, 0) is 31.2 Å². The molecule has 0 spiro atoms. The summed E-state index contributed by atoms with van der Waals surface area (Å²) < 4.78 is 24.3. The highest BCUT2D eigenvalue weighted by Crippen LogP contribution is 2.40. The molecule has 1 aliphatic heterocycles. The highest BCUT2D eigenvalue weighted by atomic mass is 35.5. The third kappa shape index (κ3) is 2.85. The molecule has 0 atom stereocenters. The third-order valence-electron chi connectivity index (χ3n) is 3.57. The number of hydrogen-bond acceptors (Lipinski definition) is 4. The number of primary amides is 1. The molecule has 2 amide bonds. The Kier molecular flexibility index (Phi) is 4.02. The molecule has 6 nitrogen and oxygen atoms in total. The molecule has 0 aromatic heterocycles. The molecule has 3 rings (SSSR count). The number of benzene rings is 2. The molecule has 0 aliphatic carbocycles. The minimum Gasteiger partial charge on any atom is -0.454 e. The van der Waals surface area contributed by atoms with Gasteiger partial charge in [0.2, 0.25) is 12.7 Å². The third-order valence-corrected chi connectivity index (χ3v) is 3.85. The summed E-state index contributed by atoms with van der Waals surface area (Å²) >= 11 is 6.04. The van der Waals surface area contributed by atoms with Gasteiger partial charge in [-0.2, -0.15) is 0 Å². The second kappa shape index (κ2) is 6.01. The first kappa shape index (κ1) is 16.1. The summed E-state index contributed by atoms with van der Waals surface area (Å²) in [6.45, 7) is 1.49. The van der Waals surface area contributed by atoms with Crippen LogP contribution in [0.5, 0.6) is 11.5 Å². The Morgan fingerprint density at radius 2 is 1.96 bits per heavy atom. The number of amides is 2. The zero-order chi connectivity index (χ0) is 17.4. The van der Waals surface area contributed by atoms with Crippen molar-refractivity contribution in [1.29, 1.82) is 0 Å². The number of ether oxygens (including phenoxy) is 2. The average molecular weight is 351 g/mol. The van der Waals surface area contributed by atoms with Gasteiger partial charge in [0.1, 0.15) is 5.82 Å². The lowest BCUT2D eigenvalue weighted by atomic mass is 10.1. The van der Waals surface area contributed by atoms with Crippen molar-refractivity contribution in [2.75, 3.05) is 12.1 Å². The fraction of sp³-hybridized carbons (Fsp3) is 0.125. The first-order chi connectivity index (χ1) is 11.4. The van der Waals surface area contributed by atoms with Gasteiger partial charge in [0, 0.05) is 22.4 Å². The van der Waals surface area contributed by atoms with Gasteiger partial charge < -0.3 is 20.5 Å². The zero-order valence-corrected chi connectivity index (χ0v) is 13.2. The van der Waals surface area contributed by atoms with Gasteiger partial charge in [0.05, 0.1) is 5.02 Å². The van der Waals surface area contributed by atoms with Gasteiger partial charge in [-0.15, -0.1) is 0 Å². The normalized spacial score (nSPS) is 12.1. The van der Waals surface area contributed by atoms with E-state index in [1.165, 1.54) is 25.1 Å². The van der Waals surface area contributed by atoms with Gasteiger partial charge in [-0.25, -0.2) is 4.39 Å². The van der Waals surface area contributed by atoms with E-state index in [1.807, 2.05) is 0 Å². The molecule has 0 unspecified atom stereocenters. The monoisotopic (exact) mass is 350 g/mol. The molecule has 8 heteroatoms. The van der Waals surface area contributed by atoms with E-state index in [-0.39, 0.29) is 34.2 Å². The molecule has 0 saturated carbocycles. The molecule has 124 valence electrons. The van der Waals surface area contributed by atoms with E-state index in [2.05, 4.69) is 5.32 Å². The Morgan fingerprint density at radius 3 is 2.67 bits per heavy atom. The number of anilines is 1. The van der Waals surface area contributed by atoms with Crippen LogP contribution in [0.1, 0.15) is 26.3 Å². The Labute approximate surface area is 141 Å². The Bertz CT molecular complexity index is 870. The molecule has 2 aromatic rings. The van der Waals surface area contributed by atoms with Crippen LogP contribution in [-0.2, 0) is 0 Å². The molecule has 3 N–H and O–H groups in total. The number of nitrogens with one attached hydrogen (secondary N) is 1. The van der Waals surface area contributed by atoms with Crippen LogP contribution < -0.4 is 20.5 Å². The Morgan fingerprint density at radius 1 is 1.21 bits per heavy atom. The number of rotatable bonds is 3. The largest absolute Gasteiger partial charge is 0.454 e. The lowest BCUT2D eigenvalue weighted by molar-refractivity contribution is 0.0995. The summed E-state index contributed by atoms with van der Waals surface area (Å²) in [7, 11) is 0. The lowest BCUT2D eigenvalue weighted by Crippen LogP contribution is -2.16. The van der Waals surface area contributed by atoms with Crippen LogP contribution >= 0.6 is 11.6 Å². The van der Waals surface area contributed by atoms with E-state index in [0.717, 1.165) is 6.07 Å². The number of hydrogen-bond donors (Lipinski definition) is 2. The van der Waals surface area contributed by atoms with Gasteiger partial charge in [0.15, 0.2) is 11.5 Å². The van der Waals surface area contributed by atoms with Crippen molar-refractivity contribution in [3.8, 4) is 11.5 Å². The summed E-state index contributed by atoms with van der Waals surface area (Å²) in [5.41, 5.74) is 5.64. The molecular weight excluding hydrogens is 339 g/mol. The maximum absolute atomic E-state index is 13.9. The van der Waals surface area contributed by atoms with Crippen LogP contribution in [0.4, 0.5) is 10.1 Å². The molecule has 0 saturated heterocycles. The van der Waals surface area contributed by atoms with Crippen LogP contribution in [0.25, 0.3) is 0 Å². The molecule has 0 bridgehead atoms. The van der Waals surface area contributed by atoms with E-state index in [9.17, 15) is 14.0 Å². The lowest BCUT2D eigenvalue weighted by Gasteiger charge is -2.11. The number of carbonyl (C=O) groups excluding carboxylic acids is 2. The maximum Gasteiger partial charge on any atom is 0.255 e. The summed E-state index contributed by atoms with van der Waals surface area (Å²) in [6.07, 6.45) is 0. The van der Waals surface area contributed by atoms with Crippen LogP contribution in [0.15, 0.2) is 24.3 Å². The van der Waals surface area contributed by atoms with Crippen LogP contribution in [0.2, 0.25) is 5.02 Å². The second-order valence-corrected chi connectivity index (χ2v) is 5.55. The molecular formula is C16H12ClFN2O4. The quantitative estimate of drug-likeness (QED) is 0.890. The van der Waals surface area contributed by atoms with Crippen LogP contribution in [0, 0.1) is 12.7 Å². The van der Waals surface area contributed by atoms with Crippen LogP contribution in [-0.4, -0.2) is 18.6 Å². The van der Waals surface area contributed by atoms with Crippen molar-refractivity contribution in [3.63, 3.8) is 0 Å².